The van der Waals surface area contributed by atoms with Gasteiger partial charge in [0.15, 0.2) is 11.6 Å². The van der Waals surface area contributed by atoms with Crippen LogP contribution in [0, 0.1) is 0 Å². The van der Waals surface area contributed by atoms with Crippen LogP contribution < -0.4 is 0 Å². The maximum atomic E-state index is 13.6. The minimum absolute atomic E-state index is 0.190. The van der Waals surface area contributed by atoms with E-state index in [9.17, 15) is 18.0 Å². The van der Waals surface area contributed by atoms with E-state index in [1.807, 2.05) is 36.4 Å². The molecule has 1 aliphatic heterocycles. The molecule has 0 spiro atoms. The highest BCUT2D eigenvalue weighted by Gasteiger charge is 2.33. The zero-order chi connectivity index (χ0) is 24.2. The van der Waals surface area contributed by atoms with Gasteiger partial charge in [0.2, 0.25) is 9.84 Å². The molecule has 0 radical (unpaired) electrons. The lowest BCUT2D eigenvalue weighted by molar-refractivity contribution is 0.100. The molecule has 0 aliphatic carbocycles. The van der Waals surface area contributed by atoms with Crippen LogP contribution in [0.15, 0.2) is 119 Å². The normalized spacial score (nSPS) is 13.3. The third-order valence-corrected chi connectivity index (χ3v) is 8.32. The first kappa shape index (κ1) is 21.2. The Balaban J connectivity index is 1.46. The molecule has 168 valence electrons. The van der Waals surface area contributed by atoms with E-state index in [0.717, 1.165) is 10.8 Å². The van der Waals surface area contributed by atoms with Gasteiger partial charge in [-0.15, -0.1) is 0 Å². The Hall–Kier alpha value is -4.35. The fourth-order valence-electron chi connectivity index (χ4n) is 4.76. The van der Waals surface area contributed by atoms with Gasteiger partial charge in [0.05, 0.1) is 9.79 Å². The average molecular weight is 475 g/mol. The smallest absolute Gasteiger partial charge is 0.207 e. The fraction of sp³-hybridized carbons (Fsp3) is 0. The van der Waals surface area contributed by atoms with Crippen LogP contribution in [0.5, 0.6) is 0 Å². The number of benzene rings is 5. The van der Waals surface area contributed by atoms with Crippen molar-refractivity contribution >= 4 is 32.2 Å². The third-order valence-electron chi connectivity index (χ3n) is 6.45. The minimum atomic E-state index is -3.62. The molecule has 1 aliphatic rings. The molecule has 0 N–H and O–H groups in total. The summed E-state index contributed by atoms with van der Waals surface area (Å²) in [6.45, 7) is 0. The van der Waals surface area contributed by atoms with Gasteiger partial charge in [-0.2, -0.15) is 0 Å². The zero-order valence-electron chi connectivity index (χ0n) is 18.4. The Morgan fingerprint density at radius 2 is 1.11 bits per heavy atom. The molecule has 0 atom stereocenters. The lowest BCUT2D eigenvalue weighted by atomic mass is 9.90. The molecule has 0 saturated heterocycles. The van der Waals surface area contributed by atoms with Gasteiger partial charge in [-0.3, -0.25) is 9.59 Å². The summed E-state index contributed by atoms with van der Waals surface area (Å²) in [6, 6.07) is 31.3. The van der Waals surface area contributed by atoms with Gasteiger partial charge in [0.25, 0.3) is 0 Å². The van der Waals surface area contributed by atoms with E-state index in [2.05, 4.69) is 0 Å². The van der Waals surface area contributed by atoms with Crippen molar-refractivity contribution in [1.29, 1.82) is 0 Å². The van der Waals surface area contributed by atoms with Gasteiger partial charge in [-0.05, 0) is 35.0 Å². The van der Waals surface area contributed by atoms with Crippen molar-refractivity contribution in [2.75, 3.05) is 0 Å². The number of hydrogen-bond donors (Lipinski definition) is 0. The van der Waals surface area contributed by atoms with Crippen LogP contribution in [0.2, 0.25) is 0 Å². The number of hydrogen-bond acceptors (Lipinski definition) is 4. The molecule has 0 saturated carbocycles. The van der Waals surface area contributed by atoms with Gasteiger partial charge in [0, 0.05) is 33.4 Å². The second-order valence-electron chi connectivity index (χ2n) is 8.44. The summed E-state index contributed by atoms with van der Waals surface area (Å²) in [5.74, 6) is -0.571. The molecule has 0 fully saturated rings. The van der Waals surface area contributed by atoms with E-state index in [1.54, 1.807) is 60.7 Å². The Morgan fingerprint density at radius 1 is 0.514 bits per heavy atom. The van der Waals surface area contributed by atoms with E-state index < -0.39 is 9.84 Å². The fourth-order valence-corrected chi connectivity index (χ4v) is 6.43. The monoisotopic (exact) mass is 474 g/mol. The highest BCUT2D eigenvalue weighted by Crippen LogP contribution is 2.43. The molecule has 5 aromatic rings. The molecule has 5 aromatic carbocycles. The first-order valence-electron chi connectivity index (χ1n) is 11.1. The molecule has 5 heteroatoms. The topological polar surface area (TPSA) is 68.3 Å². The van der Waals surface area contributed by atoms with Gasteiger partial charge in [-0.25, -0.2) is 8.42 Å². The van der Waals surface area contributed by atoms with Crippen molar-refractivity contribution in [3.63, 3.8) is 0 Å². The number of fused-ring (bicyclic) bond motifs is 4. The van der Waals surface area contributed by atoms with Crippen LogP contribution in [0.1, 0.15) is 31.8 Å². The third kappa shape index (κ3) is 3.24. The number of carbonyl (C=O) groups excluding carboxylic acids is 2. The largest absolute Gasteiger partial charge is 0.289 e. The average Bonchev–Trinajstić information content (AvgIpc) is 3.14. The summed E-state index contributed by atoms with van der Waals surface area (Å²) < 4.78 is 25.8. The molecule has 6 rings (SSSR count). The minimum Gasteiger partial charge on any atom is -0.289 e. The quantitative estimate of drug-likeness (QED) is 0.289. The summed E-state index contributed by atoms with van der Waals surface area (Å²) in [4.78, 5) is 27.7. The van der Waals surface area contributed by atoms with Crippen molar-refractivity contribution in [2.45, 2.75) is 9.79 Å². The van der Waals surface area contributed by atoms with E-state index in [4.69, 9.17) is 0 Å². The standard InChI is InChI=1S/C30H18O4S/c31-29(20-16-17-28-26(18-20)22-11-5-6-15-27(22)35(28,33)34)24-12-3-4-13-25(24)30(32)23-14-7-9-19-8-1-2-10-21(19)23/h1-18H. The Kier molecular flexibility index (Phi) is 4.76. The number of sulfone groups is 1. The van der Waals surface area contributed by atoms with Crippen LogP contribution in [-0.4, -0.2) is 20.0 Å². The Bertz CT molecular complexity index is 1790. The molecule has 4 nitrogen and oxygen atoms in total. The van der Waals surface area contributed by atoms with Gasteiger partial charge >= 0.3 is 0 Å². The van der Waals surface area contributed by atoms with E-state index in [1.165, 1.54) is 12.1 Å². The zero-order valence-corrected chi connectivity index (χ0v) is 19.3. The summed E-state index contributed by atoms with van der Waals surface area (Å²) in [7, 11) is -3.62. The van der Waals surface area contributed by atoms with Crippen molar-refractivity contribution in [2.24, 2.45) is 0 Å². The maximum Gasteiger partial charge on any atom is 0.207 e. The van der Waals surface area contributed by atoms with Gasteiger partial charge in [0.1, 0.15) is 0 Å². The molecule has 1 heterocycles. The lowest BCUT2D eigenvalue weighted by Gasteiger charge is -2.11. The molecule has 0 aromatic heterocycles. The highest BCUT2D eigenvalue weighted by molar-refractivity contribution is 7.92. The second kappa shape index (κ2) is 7.86. The summed E-state index contributed by atoms with van der Waals surface area (Å²) in [5, 5.41) is 1.77. The Morgan fingerprint density at radius 3 is 1.94 bits per heavy atom. The van der Waals surface area contributed by atoms with Crippen molar-refractivity contribution < 1.29 is 18.0 Å². The summed E-state index contributed by atoms with van der Waals surface area (Å²) >= 11 is 0. The predicted molar refractivity (Wildman–Crippen MR) is 135 cm³/mol. The van der Waals surface area contributed by atoms with Crippen LogP contribution in [0.3, 0.4) is 0 Å². The van der Waals surface area contributed by atoms with Crippen LogP contribution in [0.25, 0.3) is 21.9 Å². The molecule has 0 bridgehead atoms. The first-order valence-corrected chi connectivity index (χ1v) is 12.6. The number of ketones is 2. The second-order valence-corrected chi connectivity index (χ2v) is 10.3. The number of rotatable bonds is 4. The summed E-state index contributed by atoms with van der Waals surface area (Å²) in [6.07, 6.45) is 0. The molecule has 35 heavy (non-hydrogen) atoms. The Labute approximate surface area is 202 Å². The predicted octanol–water partition coefficient (Wildman–Crippen LogP) is 6.12. The van der Waals surface area contributed by atoms with Gasteiger partial charge in [-0.1, -0.05) is 84.9 Å². The van der Waals surface area contributed by atoms with Gasteiger partial charge < -0.3 is 0 Å². The van der Waals surface area contributed by atoms with Crippen molar-refractivity contribution in [1.82, 2.24) is 0 Å². The maximum absolute atomic E-state index is 13.6. The lowest BCUT2D eigenvalue weighted by Crippen LogP contribution is -2.11. The molecule has 0 amide bonds. The summed E-state index contributed by atoms with van der Waals surface area (Å²) in [5.41, 5.74) is 2.52. The van der Waals surface area contributed by atoms with Crippen molar-refractivity contribution in [3.8, 4) is 11.1 Å². The van der Waals surface area contributed by atoms with Crippen LogP contribution in [-0.2, 0) is 9.84 Å². The molecular weight excluding hydrogens is 456 g/mol. The van der Waals surface area contributed by atoms with E-state index in [0.29, 0.717) is 27.8 Å². The highest BCUT2D eigenvalue weighted by atomic mass is 32.2. The molecule has 0 unspecified atom stereocenters. The van der Waals surface area contributed by atoms with E-state index >= 15 is 0 Å². The number of carbonyl (C=O) groups is 2. The van der Waals surface area contributed by atoms with E-state index in [-0.39, 0.29) is 26.9 Å². The molecular formula is C30H18O4S. The van der Waals surface area contributed by atoms with Crippen molar-refractivity contribution in [3.05, 3.63) is 131 Å². The van der Waals surface area contributed by atoms with Crippen LogP contribution in [0.4, 0.5) is 0 Å². The van der Waals surface area contributed by atoms with Crippen LogP contribution >= 0.6 is 0 Å². The first-order chi connectivity index (χ1) is 17.0. The SMILES string of the molecule is O=C(c1ccc2c(c1)-c1ccccc1S2(=O)=O)c1ccccc1C(=O)c1cccc2ccccc12.